The van der Waals surface area contributed by atoms with Crippen molar-refractivity contribution in [2.75, 3.05) is 0 Å². The Hall–Kier alpha value is -0.321. The van der Waals surface area contributed by atoms with Crippen LogP contribution in [0.2, 0.25) is 13.3 Å². The van der Waals surface area contributed by atoms with Gasteiger partial charge in [0.2, 0.25) is 0 Å². The SMILES string of the molecule is CCC[CH2][Sn](/[CH]=C/[C@@H](O)[C@H](O)c1ccccc1)([CH2]CCC)[CH2]CCC. The van der Waals surface area contributed by atoms with Crippen molar-refractivity contribution in [3.8, 4) is 0 Å². The summed E-state index contributed by atoms with van der Waals surface area (Å²) in [6.45, 7) is 6.82. The fourth-order valence-electron chi connectivity index (χ4n) is 3.47. The van der Waals surface area contributed by atoms with Crippen molar-refractivity contribution in [3.05, 3.63) is 46.1 Å². The molecule has 0 fully saturated rings. The number of hydrogen-bond donors (Lipinski definition) is 2. The molecule has 3 heteroatoms. The van der Waals surface area contributed by atoms with E-state index >= 15 is 0 Å². The summed E-state index contributed by atoms with van der Waals surface area (Å²) in [5, 5.41) is 20.9. The quantitative estimate of drug-likeness (QED) is 0.359. The molecule has 1 rings (SSSR count). The standard InChI is InChI=1S/C10H11O2.3C4H9.Sn/c1-2-9(11)10(12)8-6-4-3-5-7-8;3*1-3-4-2;/h1-7,9-12H;3*1,3-4H2,2H3;/t9-,10-;;;;/m1..../s1. The molecule has 0 aromatic heterocycles. The summed E-state index contributed by atoms with van der Waals surface area (Å²) in [7, 11) is 0. The summed E-state index contributed by atoms with van der Waals surface area (Å²) in [6.07, 6.45) is 7.99. The molecule has 0 aliphatic carbocycles. The van der Waals surface area contributed by atoms with Crippen molar-refractivity contribution < 1.29 is 10.2 Å². The first-order valence-corrected chi connectivity index (χ1v) is 17.9. The van der Waals surface area contributed by atoms with Crippen molar-refractivity contribution in [1.82, 2.24) is 0 Å². The number of benzene rings is 1. The van der Waals surface area contributed by atoms with Crippen LogP contribution in [0.15, 0.2) is 40.5 Å². The summed E-state index contributed by atoms with van der Waals surface area (Å²) in [5.41, 5.74) is 0.788. The molecule has 0 bridgehead atoms. The van der Waals surface area contributed by atoms with Gasteiger partial charge in [-0.15, -0.1) is 0 Å². The summed E-state index contributed by atoms with van der Waals surface area (Å²) >= 11 is -2.38. The second kappa shape index (κ2) is 12.9. The minimum absolute atomic E-state index is 0.788. The van der Waals surface area contributed by atoms with E-state index in [-0.39, 0.29) is 0 Å². The Bertz CT molecular complexity index is 450. The summed E-state index contributed by atoms with van der Waals surface area (Å²) in [5.74, 6) is 0. The topological polar surface area (TPSA) is 40.5 Å². The van der Waals surface area contributed by atoms with Crippen LogP contribution >= 0.6 is 0 Å². The van der Waals surface area contributed by atoms with Crippen molar-refractivity contribution in [3.63, 3.8) is 0 Å². The monoisotopic (exact) mass is 454 g/mol. The van der Waals surface area contributed by atoms with Crippen LogP contribution in [0.25, 0.3) is 0 Å². The van der Waals surface area contributed by atoms with Gasteiger partial charge in [0.1, 0.15) is 0 Å². The summed E-state index contributed by atoms with van der Waals surface area (Å²) in [4.78, 5) is 0. The Morgan fingerprint density at radius 2 is 1.32 bits per heavy atom. The maximum atomic E-state index is 10.5. The van der Waals surface area contributed by atoms with Crippen LogP contribution in [-0.4, -0.2) is 34.7 Å². The van der Waals surface area contributed by atoms with E-state index in [1.807, 2.05) is 36.4 Å². The fourth-order valence-corrected chi connectivity index (χ4v) is 17.8. The first kappa shape index (κ1) is 22.7. The van der Waals surface area contributed by atoms with Crippen LogP contribution in [0.1, 0.15) is 71.0 Å². The first-order chi connectivity index (χ1) is 12.1. The second-order valence-electron chi connectivity index (χ2n) is 7.38. The molecule has 0 saturated carbocycles. The third kappa shape index (κ3) is 8.27. The molecule has 2 atom stereocenters. The molecule has 2 nitrogen and oxygen atoms in total. The molecular weight excluding hydrogens is 415 g/mol. The van der Waals surface area contributed by atoms with Gasteiger partial charge < -0.3 is 0 Å². The second-order valence-corrected chi connectivity index (χ2v) is 20.4. The first-order valence-electron chi connectivity index (χ1n) is 10.2. The Morgan fingerprint density at radius 3 is 1.76 bits per heavy atom. The van der Waals surface area contributed by atoms with Gasteiger partial charge in [-0.1, -0.05) is 0 Å². The number of aliphatic hydroxyl groups excluding tert-OH is 2. The third-order valence-electron chi connectivity index (χ3n) is 5.20. The van der Waals surface area contributed by atoms with E-state index in [1.165, 1.54) is 51.8 Å². The van der Waals surface area contributed by atoms with Crippen molar-refractivity contribution in [2.24, 2.45) is 0 Å². The van der Waals surface area contributed by atoms with Gasteiger partial charge in [0.05, 0.1) is 0 Å². The molecule has 0 spiro atoms. The summed E-state index contributed by atoms with van der Waals surface area (Å²) in [6, 6.07) is 9.50. The van der Waals surface area contributed by atoms with E-state index in [9.17, 15) is 10.2 Å². The normalized spacial score (nSPS) is 14.8. The van der Waals surface area contributed by atoms with Crippen molar-refractivity contribution in [2.45, 2.75) is 84.8 Å². The van der Waals surface area contributed by atoms with Gasteiger partial charge in [0.25, 0.3) is 0 Å². The fraction of sp³-hybridized carbons (Fsp3) is 0.636. The Morgan fingerprint density at radius 1 is 0.840 bits per heavy atom. The average molecular weight is 453 g/mol. The van der Waals surface area contributed by atoms with E-state index in [0.717, 1.165) is 5.56 Å². The van der Waals surface area contributed by atoms with Gasteiger partial charge in [0.15, 0.2) is 0 Å². The number of hydrogen-bond acceptors (Lipinski definition) is 2. The van der Waals surface area contributed by atoms with Gasteiger partial charge >= 0.3 is 159 Å². The van der Waals surface area contributed by atoms with Crippen LogP contribution < -0.4 is 0 Å². The molecule has 0 aliphatic rings. The Balaban J connectivity index is 2.89. The van der Waals surface area contributed by atoms with E-state index in [1.54, 1.807) is 0 Å². The number of aliphatic hydroxyl groups is 2. The predicted octanol–water partition coefficient (Wildman–Crippen LogP) is 6.03. The number of unbranched alkanes of at least 4 members (excludes halogenated alkanes) is 3. The molecule has 0 unspecified atom stereocenters. The van der Waals surface area contributed by atoms with Gasteiger partial charge in [-0.3, -0.25) is 0 Å². The van der Waals surface area contributed by atoms with Crippen LogP contribution in [0.4, 0.5) is 0 Å². The Labute approximate surface area is 159 Å². The maximum absolute atomic E-state index is 10.5. The number of rotatable bonds is 13. The van der Waals surface area contributed by atoms with E-state index in [4.69, 9.17) is 0 Å². The predicted molar refractivity (Wildman–Crippen MR) is 111 cm³/mol. The van der Waals surface area contributed by atoms with Crippen LogP contribution in [0.5, 0.6) is 0 Å². The van der Waals surface area contributed by atoms with Crippen LogP contribution in [0, 0.1) is 0 Å². The van der Waals surface area contributed by atoms with E-state index < -0.39 is 30.6 Å². The van der Waals surface area contributed by atoms with Crippen molar-refractivity contribution >= 4 is 18.4 Å². The minimum atomic E-state index is -2.38. The molecular formula is C22H38O2Sn. The van der Waals surface area contributed by atoms with Crippen LogP contribution in [0.3, 0.4) is 0 Å². The zero-order valence-corrected chi connectivity index (χ0v) is 19.3. The Kier molecular flexibility index (Phi) is 11.8. The zero-order chi connectivity index (χ0) is 18.5. The summed E-state index contributed by atoms with van der Waals surface area (Å²) < 4.78 is 6.59. The van der Waals surface area contributed by atoms with Gasteiger partial charge in [-0.2, -0.15) is 0 Å². The van der Waals surface area contributed by atoms with Gasteiger partial charge in [-0.25, -0.2) is 0 Å². The average Bonchev–Trinajstić information content (AvgIpc) is 2.66. The molecule has 2 N–H and O–H groups in total. The molecule has 0 heterocycles. The molecule has 1 aromatic rings. The molecule has 142 valence electrons. The molecule has 1 aromatic carbocycles. The molecule has 0 amide bonds. The van der Waals surface area contributed by atoms with Crippen LogP contribution in [-0.2, 0) is 0 Å². The van der Waals surface area contributed by atoms with E-state index in [2.05, 4.69) is 24.9 Å². The molecule has 25 heavy (non-hydrogen) atoms. The zero-order valence-electron chi connectivity index (χ0n) is 16.5. The van der Waals surface area contributed by atoms with E-state index in [0.29, 0.717) is 0 Å². The molecule has 0 radical (unpaired) electrons. The van der Waals surface area contributed by atoms with Crippen molar-refractivity contribution in [1.29, 1.82) is 0 Å². The molecule has 0 aliphatic heterocycles. The molecule has 0 saturated heterocycles. The third-order valence-corrected chi connectivity index (χ3v) is 19.3. The van der Waals surface area contributed by atoms with Gasteiger partial charge in [0, 0.05) is 0 Å². The van der Waals surface area contributed by atoms with Gasteiger partial charge in [-0.05, 0) is 0 Å².